The fourth-order valence-electron chi connectivity index (χ4n) is 9.28. The molecular formula is C50H35BN2. The van der Waals surface area contributed by atoms with Crippen molar-refractivity contribution in [2.45, 2.75) is 0 Å². The predicted molar refractivity (Wildman–Crippen MR) is 229 cm³/mol. The van der Waals surface area contributed by atoms with E-state index in [1.54, 1.807) is 0 Å². The molecule has 0 radical (unpaired) electrons. The smallest absolute Gasteiger partial charge is 0.252 e. The van der Waals surface area contributed by atoms with Crippen LogP contribution in [0.3, 0.4) is 0 Å². The Labute approximate surface area is 310 Å². The topological polar surface area (TPSA) is 6.48 Å². The standard InChI is InChI=1S/C50H35BN2/c1-52-46-21-10-8-19-44(46)51-45-20-9-11-22-47(45)53(2)49-31-37(30-48(52)50(49)51)34-16-12-15-33(27-34)36-24-26-41-40-25-23-35(32-13-4-3-5-14-32)28-42(40)38-17-6-7-18-39(38)43(41)29-36/h3-31H,1-2H3. The predicted octanol–water partition coefficient (Wildman–Crippen LogP) is 10.8. The second kappa shape index (κ2) is 11.5. The first-order valence-corrected chi connectivity index (χ1v) is 18.5. The molecule has 2 nitrogen and oxygen atoms in total. The summed E-state index contributed by atoms with van der Waals surface area (Å²) in [6.07, 6.45) is 0. The average Bonchev–Trinajstić information content (AvgIpc) is 3.23. The van der Waals surface area contributed by atoms with E-state index in [0.717, 1.165) is 0 Å². The molecule has 9 aromatic rings. The van der Waals surface area contributed by atoms with Gasteiger partial charge in [0.15, 0.2) is 0 Å². The van der Waals surface area contributed by atoms with E-state index in [-0.39, 0.29) is 6.71 Å². The Bertz CT molecular complexity index is 2850. The zero-order valence-corrected chi connectivity index (χ0v) is 29.7. The van der Waals surface area contributed by atoms with E-state index in [1.807, 2.05) is 0 Å². The molecule has 0 unspecified atom stereocenters. The summed E-state index contributed by atoms with van der Waals surface area (Å²) in [5, 5.41) is 7.73. The molecule has 248 valence electrons. The molecule has 0 bridgehead atoms. The maximum Gasteiger partial charge on any atom is 0.252 e. The largest absolute Gasteiger partial charge is 0.345 e. The highest BCUT2D eigenvalue weighted by molar-refractivity contribution is 7.00. The Hall–Kier alpha value is -6.58. The molecule has 2 aliphatic rings. The van der Waals surface area contributed by atoms with Gasteiger partial charge in [0.2, 0.25) is 0 Å². The number of para-hydroxylation sites is 2. The van der Waals surface area contributed by atoms with Crippen molar-refractivity contribution in [3.63, 3.8) is 0 Å². The van der Waals surface area contributed by atoms with Crippen LogP contribution < -0.4 is 26.2 Å². The van der Waals surface area contributed by atoms with Crippen LogP contribution in [0.4, 0.5) is 22.7 Å². The van der Waals surface area contributed by atoms with Crippen LogP contribution in [0.15, 0.2) is 176 Å². The van der Waals surface area contributed by atoms with Crippen LogP contribution in [0.25, 0.3) is 65.7 Å². The van der Waals surface area contributed by atoms with Crippen molar-refractivity contribution in [1.82, 2.24) is 0 Å². The summed E-state index contributed by atoms with van der Waals surface area (Å²) in [6.45, 7) is 0.202. The summed E-state index contributed by atoms with van der Waals surface area (Å²) in [6, 6.07) is 65.3. The second-order valence-electron chi connectivity index (χ2n) is 14.6. The van der Waals surface area contributed by atoms with Crippen LogP contribution in [0, 0.1) is 0 Å². The Balaban J connectivity index is 1.06. The van der Waals surface area contributed by atoms with Crippen molar-refractivity contribution in [1.29, 1.82) is 0 Å². The molecule has 0 fully saturated rings. The molecule has 9 aromatic carbocycles. The van der Waals surface area contributed by atoms with Crippen molar-refractivity contribution in [2.24, 2.45) is 0 Å². The maximum atomic E-state index is 2.41. The van der Waals surface area contributed by atoms with Gasteiger partial charge in [-0.3, -0.25) is 0 Å². The number of anilines is 4. The van der Waals surface area contributed by atoms with Crippen LogP contribution >= 0.6 is 0 Å². The highest BCUT2D eigenvalue weighted by atomic mass is 15.1. The lowest BCUT2D eigenvalue weighted by Gasteiger charge is -2.42. The number of hydrogen-bond donors (Lipinski definition) is 0. The summed E-state index contributed by atoms with van der Waals surface area (Å²) in [5.74, 6) is 0. The van der Waals surface area contributed by atoms with Gasteiger partial charge in [0.1, 0.15) is 0 Å². The van der Waals surface area contributed by atoms with Crippen LogP contribution in [0.2, 0.25) is 0 Å². The van der Waals surface area contributed by atoms with Crippen molar-refractivity contribution < 1.29 is 0 Å². The van der Waals surface area contributed by atoms with Crippen molar-refractivity contribution in [3.8, 4) is 33.4 Å². The monoisotopic (exact) mass is 674 g/mol. The Kier molecular flexibility index (Phi) is 6.51. The molecule has 0 saturated carbocycles. The zero-order chi connectivity index (χ0) is 35.2. The van der Waals surface area contributed by atoms with Gasteiger partial charge in [-0.15, -0.1) is 0 Å². The highest BCUT2D eigenvalue weighted by Crippen LogP contribution is 2.42. The molecule has 0 amide bonds. The Morgan fingerprint density at radius 2 is 0.736 bits per heavy atom. The first-order chi connectivity index (χ1) is 26.1. The van der Waals surface area contributed by atoms with Gasteiger partial charge in [-0.05, 0) is 125 Å². The summed E-state index contributed by atoms with van der Waals surface area (Å²) in [5.41, 5.74) is 16.6. The highest BCUT2D eigenvalue weighted by Gasteiger charge is 2.40. The lowest BCUT2D eigenvalue weighted by Crippen LogP contribution is -2.61. The van der Waals surface area contributed by atoms with Gasteiger partial charge in [-0.25, -0.2) is 0 Å². The van der Waals surface area contributed by atoms with Gasteiger partial charge in [0.25, 0.3) is 6.71 Å². The van der Waals surface area contributed by atoms with E-state index in [4.69, 9.17) is 0 Å². The number of nitrogens with zero attached hydrogens (tertiary/aromatic N) is 2. The number of fused-ring (bicyclic) bond motifs is 10. The van der Waals surface area contributed by atoms with E-state index in [0.29, 0.717) is 0 Å². The van der Waals surface area contributed by atoms with Gasteiger partial charge in [-0.2, -0.15) is 0 Å². The van der Waals surface area contributed by atoms with Gasteiger partial charge in [0.05, 0.1) is 0 Å². The molecule has 11 rings (SSSR count). The fraction of sp³-hybridized carbons (Fsp3) is 0.0400. The van der Waals surface area contributed by atoms with Crippen molar-refractivity contribution in [2.75, 3.05) is 23.9 Å². The lowest BCUT2D eigenvalue weighted by molar-refractivity contribution is 1.18. The summed E-state index contributed by atoms with van der Waals surface area (Å²) >= 11 is 0. The first kappa shape index (κ1) is 30.1. The fourth-order valence-corrected chi connectivity index (χ4v) is 9.28. The maximum absolute atomic E-state index is 2.41. The average molecular weight is 675 g/mol. The van der Waals surface area contributed by atoms with Gasteiger partial charge in [0, 0.05) is 36.8 Å². The summed E-state index contributed by atoms with van der Waals surface area (Å²) in [7, 11) is 4.44. The minimum absolute atomic E-state index is 0.202. The molecule has 2 aliphatic heterocycles. The summed E-state index contributed by atoms with van der Waals surface area (Å²) < 4.78 is 0. The minimum atomic E-state index is 0.202. The van der Waals surface area contributed by atoms with Gasteiger partial charge in [-0.1, -0.05) is 133 Å². The molecule has 3 heteroatoms. The minimum Gasteiger partial charge on any atom is -0.345 e. The number of benzene rings is 9. The molecular weight excluding hydrogens is 639 g/mol. The van der Waals surface area contributed by atoms with E-state index in [2.05, 4.69) is 200 Å². The third-order valence-electron chi connectivity index (χ3n) is 11.8. The molecule has 0 aliphatic carbocycles. The molecule has 2 heterocycles. The Morgan fingerprint density at radius 1 is 0.302 bits per heavy atom. The normalized spacial score (nSPS) is 13.0. The van der Waals surface area contributed by atoms with E-state index in [1.165, 1.54) is 105 Å². The van der Waals surface area contributed by atoms with Crippen molar-refractivity contribution in [3.05, 3.63) is 176 Å². The van der Waals surface area contributed by atoms with Crippen LogP contribution in [0.5, 0.6) is 0 Å². The van der Waals surface area contributed by atoms with E-state index >= 15 is 0 Å². The quantitative estimate of drug-likeness (QED) is 0.136. The van der Waals surface area contributed by atoms with E-state index < -0.39 is 0 Å². The molecule has 0 spiro atoms. The molecule has 53 heavy (non-hydrogen) atoms. The van der Waals surface area contributed by atoms with Gasteiger partial charge >= 0.3 is 0 Å². The van der Waals surface area contributed by atoms with Crippen molar-refractivity contribution >= 4 is 78.2 Å². The third-order valence-corrected chi connectivity index (χ3v) is 11.8. The van der Waals surface area contributed by atoms with E-state index in [9.17, 15) is 0 Å². The first-order valence-electron chi connectivity index (χ1n) is 18.5. The third kappa shape index (κ3) is 4.47. The Morgan fingerprint density at radius 3 is 1.32 bits per heavy atom. The van der Waals surface area contributed by atoms with Crippen LogP contribution in [0.1, 0.15) is 0 Å². The van der Waals surface area contributed by atoms with Gasteiger partial charge < -0.3 is 9.80 Å². The molecule has 0 aromatic heterocycles. The molecule has 0 atom stereocenters. The zero-order valence-electron chi connectivity index (χ0n) is 29.7. The van der Waals surface area contributed by atoms with Crippen LogP contribution in [-0.2, 0) is 0 Å². The second-order valence-corrected chi connectivity index (χ2v) is 14.6. The number of hydrogen-bond acceptors (Lipinski definition) is 2. The van der Waals surface area contributed by atoms with Crippen LogP contribution in [-0.4, -0.2) is 20.8 Å². The SMILES string of the molecule is CN1c2ccccc2B2c3ccccc3N(C)c3cc(-c4cccc(-c5ccc6c7ccc(-c8ccccc8)cc7c7ccccc7c6c5)c4)cc1c32. The summed E-state index contributed by atoms with van der Waals surface area (Å²) in [4.78, 5) is 4.78. The number of rotatable bonds is 3. The lowest BCUT2D eigenvalue weighted by atomic mass is 9.33. The molecule has 0 N–H and O–H groups in total. The molecule has 0 saturated heterocycles.